The number of anilines is 1. The summed E-state index contributed by atoms with van der Waals surface area (Å²) in [5, 5.41) is 11.6. The van der Waals surface area contributed by atoms with E-state index >= 15 is 0 Å². The molecule has 0 saturated heterocycles. The van der Waals surface area contributed by atoms with E-state index in [1.165, 1.54) is 28.0 Å². The van der Waals surface area contributed by atoms with Crippen LogP contribution in [0.25, 0.3) is 0 Å². The molecule has 0 fully saturated rings. The van der Waals surface area contributed by atoms with Gasteiger partial charge in [0.2, 0.25) is 0 Å². The molecule has 0 atom stereocenters. The molecule has 1 aliphatic carbocycles. The third-order valence-corrected chi connectivity index (χ3v) is 9.06. The molecule has 0 unspecified atom stereocenters. The standard InChI is InChI=1S/C35H44N6O2S/c1-2-43-35(42)33-31-11-3-4-12-32(31)44-34(33)40-23-27-13-15-28(16-14-27)26-41(21-19-36-24-29-9-5-7-17-38-29)22-20-37-25-30-10-6-8-18-39-30/h5-10,13-18,36-37,40H,2-4,11-12,19-26H2,1H3. The lowest BCUT2D eigenvalue weighted by atomic mass is 9.95. The van der Waals surface area contributed by atoms with Gasteiger partial charge < -0.3 is 20.7 Å². The number of carbonyl (C=O) groups is 1. The third-order valence-electron chi connectivity index (χ3n) is 7.81. The highest BCUT2D eigenvalue weighted by Crippen LogP contribution is 2.38. The van der Waals surface area contributed by atoms with Crippen LogP contribution in [0.3, 0.4) is 0 Å². The number of aryl methyl sites for hydroxylation is 1. The van der Waals surface area contributed by atoms with Crippen molar-refractivity contribution in [3.05, 3.63) is 112 Å². The fourth-order valence-corrected chi connectivity index (χ4v) is 6.77. The maximum Gasteiger partial charge on any atom is 0.341 e. The predicted molar refractivity (Wildman–Crippen MR) is 178 cm³/mol. The highest BCUT2D eigenvalue weighted by molar-refractivity contribution is 7.16. The van der Waals surface area contributed by atoms with Gasteiger partial charge in [0.15, 0.2) is 0 Å². The first-order valence-corrected chi connectivity index (χ1v) is 16.6. The number of hydrogen-bond donors (Lipinski definition) is 3. The first-order valence-electron chi connectivity index (χ1n) is 15.8. The van der Waals surface area contributed by atoms with Crippen LogP contribution in [0.1, 0.15) is 63.1 Å². The third kappa shape index (κ3) is 9.43. The zero-order chi connectivity index (χ0) is 30.4. The highest BCUT2D eigenvalue weighted by Gasteiger charge is 2.26. The van der Waals surface area contributed by atoms with E-state index in [1.807, 2.05) is 55.7 Å². The summed E-state index contributed by atoms with van der Waals surface area (Å²) < 4.78 is 5.42. The topological polar surface area (TPSA) is 91.4 Å². The minimum atomic E-state index is -0.200. The Morgan fingerprint density at radius 1 is 0.841 bits per heavy atom. The van der Waals surface area contributed by atoms with Crippen molar-refractivity contribution in [1.29, 1.82) is 0 Å². The average molecular weight is 613 g/mol. The molecule has 0 spiro atoms. The van der Waals surface area contributed by atoms with Gasteiger partial charge in [0.25, 0.3) is 0 Å². The van der Waals surface area contributed by atoms with Gasteiger partial charge in [0, 0.05) is 69.6 Å². The van der Waals surface area contributed by atoms with E-state index in [1.54, 1.807) is 11.3 Å². The Bertz CT molecular complexity index is 1380. The van der Waals surface area contributed by atoms with Crippen molar-refractivity contribution in [3.63, 3.8) is 0 Å². The van der Waals surface area contributed by atoms with E-state index in [9.17, 15) is 4.79 Å². The van der Waals surface area contributed by atoms with Gasteiger partial charge in [-0.15, -0.1) is 11.3 Å². The molecule has 44 heavy (non-hydrogen) atoms. The van der Waals surface area contributed by atoms with Gasteiger partial charge >= 0.3 is 5.97 Å². The Hall–Kier alpha value is -3.63. The highest BCUT2D eigenvalue weighted by atomic mass is 32.1. The van der Waals surface area contributed by atoms with E-state index in [-0.39, 0.29) is 5.97 Å². The van der Waals surface area contributed by atoms with Gasteiger partial charge in [-0.1, -0.05) is 36.4 Å². The van der Waals surface area contributed by atoms with Crippen LogP contribution in [0.15, 0.2) is 73.1 Å². The van der Waals surface area contributed by atoms with Crippen molar-refractivity contribution in [1.82, 2.24) is 25.5 Å². The Balaban J connectivity index is 1.15. The Labute approximate surface area is 265 Å². The minimum Gasteiger partial charge on any atom is -0.462 e. The van der Waals surface area contributed by atoms with Crippen molar-refractivity contribution in [2.24, 2.45) is 0 Å². The maximum atomic E-state index is 12.8. The number of aromatic nitrogens is 2. The van der Waals surface area contributed by atoms with Crippen molar-refractivity contribution >= 4 is 22.3 Å². The number of thiophene rings is 1. The predicted octanol–water partition coefficient (Wildman–Crippen LogP) is 5.59. The summed E-state index contributed by atoms with van der Waals surface area (Å²) in [6.45, 7) is 8.95. The van der Waals surface area contributed by atoms with Crippen LogP contribution in [-0.4, -0.2) is 53.6 Å². The fourth-order valence-electron chi connectivity index (χ4n) is 5.50. The molecular weight excluding hydrogens is 568 g/mol. The van der Waals surface area contributed by atoms with Crippen LogP contribution >= 0.6 is 11.3 Å². The van der Waals surface area contributed by atoms with Gasteiger partial charge in [-0.3, -0.25) is 14.9 Å². The van der Waals surface area contributed by atoms with Gasteiger partial charge in [-0.2, -0.15) is 0 Å². The minimum absolute atomic E-state index is 0.200. The number of hydrogen-bond acceptors (Lipinski definition) is 9. The number of nitrogens with zero attached hydrogens (tertiary/aromatic N) is 3. The molecule has 1 aliphatic rings. The van der Waals surface area contributed by atoms with E-state index in [4.69, 9.17) is 4.74 Å². The molecule has 3 heterocycles. The number of nitrogens with one attached hydrogen (secondary N) is 3. The Morgan fingerprint density at radius 2 is 1.48 bits per heavy atom. The Kier molecular flexibility index (Phi) is 12.3. The lowest BCUT2D eigenvalue weighted by Gasteiger charge is -2.23. The number of fused-ring (bicyclic) bond motifs is 1. The van der Waals surface area contributed by atoms with Crippen molar-refractivity contribution in [3.8, 4) is 0 Å². The van der Waals surface area contributed by atoms with E-state index in [0.717, 1.165) is 87.0 Å². The number of pyridine rings is 2. The van der Waals surface area contributed by atoms with Crippen LogP contribution in [0.2, 0.25) is 0 Å². The molecule has 1 aromatic carbocycles. The summed E-state index contributed by atoms with van der Waals surface area (Å²) in [5.41, 5.74) is 6.53. The molecule has 4 aromatic rings. The second kappa shape index (κ2) is 17.0. The number of esters is 1. The van der Waals surface area contributed by atoms with E-state index in [0.29, 0.717) is 13.2 Å². The molecule has 8 nitrogen and oxygen atoms in total. The lowest BCUT2D eigenvalue weighted by molar-refractivity contribution is 0.0526. The monoisotopic (exact) mass is 612 g/mol. The molecule has 0 amide bonds. The van der Waals surface area contributed by atoms with E-state index in [2.05, 4.69) is 55.1 Å². The zero-order valence-electron chi connectivity index (χ0n) is 25.7. The molecule has 3 aromatic heterocycles. The number of carbonyl (C=O) groups excluding carboxylic acids is 1. The van der Waals surface area contributed by atoms with Crippen LogP contribution < -0.4 is 16.0 Å². The second-order valence-electron chi connectivity index (χ2n) is 11.1. The summed E-state index contributed by atoms with van der Waals surface area (Å²) in [7, 11) is 0. The smallest absolute Gasteiger partial charge is 0.341 e. The van der Waals surface area contributed by atoms with Gasteiger partial charge in [0.05, 0.1) is 23.6 Å². The normalized spacial score (nSPS) is 12.7. The molecule has 232 valence electrons. The molecule has 0 radical (unpaired) electrons. The quantitative estimate of drug-likeness (QED) is 0.105. The molecule has 0 saturated carbocycles. The number of rotatable bonds is 17. The van der Waals surface area contributed by atoms with Gasteiger partial charge in [-0.25, -0.2) is 4.79 Å². The summed E-state index contributed by atoms with van der Waals surface area (Å²) >= 11 is 1.72. The van der Waals surface area contributed by atoms with Crippen molar-refractivity contribution < 1.29 is 9.53 Å². The van der Waals surface area contributed by atoms with Gasteiger partial charge in [-0.05, 0) is 73.6 Å². The van der Waals surface area contributed by atoms with Crippen LogP contribution in [-0.2, 0) is 43.8 Å². The number of ether oxygens (including phenoxy) is 1. The van der Waals surface area contributed by atoms with Crippen LogP contribution in [0, 0.1) is 0 Å². The summed E-state index contributed by atoms with van der Waals surface area (Å²) in [6.07, 6.45) is 8.01. The Morgan fingerprint density at radius 3 is 2.09 bits per heavy atom. The molecular formula is C35H44N6O2S. The second-order valence-corrected chi connectivity index (χ2v) is 12.2. The average Bonchev–Trinajstić information content (AvgIpc) is 3.44. The maximum absolute atomic E-state index is 12.8. The van der Waals surface area contributed by atoms with Crippen molar-refractivity contribution in [2.75, 3.05) is 38.1 Å². The first-order chi connectivity index (χ1) is 21.7. The number of benzene rings is 1. The van der Waals surface area contributed by atoms with Crippen LogP contribution in [0.4, 0.5) is 5.00 Å². The summed E-state index contributed by atoms with van der Waals surface area (Å²) in [5.74, 6) is -0.200. The fraction of sp³-hybridized carbons (Fsp3) is 0.400. The zero-order valence-corrected chi connectivity index (χ0v) is 26.5. The van der Waals surface area contributed by atoms with E-state index < -0.39 is 0 Å². The molecule has 9 heteroatoms. The molecule has 3 N–H and O–H groups in total. The van der Waals surface area contributed by atoms with Crippen LogP contribution in [0.5, 0.6) is 0 Å². The molecule has 0 bridgehead atoms. The lowest BCUT2D eigenvalue weighted by Crippen LogP contribution is -2.36. The SMILES string of the molecule is CCOC(=O)c1c(NCc2ccc(CN(CCNCc3ccccn3)CCNCc3ccccn3)cc2)sc2c1CCCC2. The molecule has 5 rings (SSSR count). The van der Waals surface area contributed by atoms with Gasteiger partial charge in [0.1, 0.15) is 5.00 Å². The van der Waals surface area contributed by atoms with Crippen molar-refractivity contribution in [2.45, 2.75) is 58.8 Å². The summed E-state index contributed by atoms with van der Waals surface area (Å²) in [4.78, 5) is 25.5. The summed E-state index contributed by atoms with van der Waals surface area (Å²) in [6, 6.07) is 20.9. The first kappa shape index (κ1) is 31.8. The molecule has 0 aliphatic heterocycles. The largest absolute Gasteiger partial charge is 0.462 e.